The minimum atomic E-state index is 0.233. The van der Waals surface area contributed by atoms with Gasteiger partial charge in [0.25, 0.3) is 0 Å². The fraction of sp³-hybridized carbons (Fsp3) is 0.500. The normalized spacial score (nSPS) is 12.0. The van der Waals surface area contributed by atoms with E-state index < -0.39 is 0 Å². The molecule has 0 saturated carbocycles. The Morgan fingerprint density at radius 1 is 1.05 bits per heavy atom. The number of hydrogen-bond donors (Lipinski definition) is 0. The van der Waals surface area contributed by atoms with E-state index in [0.29, 0.717) is 6.42 Å². The number of quaternary nitrogens is 1. The highest BCUT2D eigenvalue weighted by atomic mass is 16.1. The van der Waals surface area contributed by atoms with Crippen molar-refractivity contribution in [1.29, 1.82) is 0 Å². The van der Waals surface area contributed by atoms with Gasteiger partial charge in [0.1, 0.15) is 5.69 Å². The molecule has 0 aliphatic rings. The molecule has 0 bridgehead atoms. The summed E-state index contributed by atoms with van der Waals surface area (Å²) in [5, 5.41) is 0. The number of unbranched alkanes of at least 4 members (excludes halogenated alkanes) is 3. The molecule has 0 aliphatic carbocycles. The maximum atomic E-state index is 11.7. The third-order valence-corrected chi connectivity index (χ3v) is 3.41. The maximum absolute atomic E-state index is 11.7. The summed E-state index contributed by atoms with van der Waals surface area (Å²) in [5.74, 6) is 0.233. The number of carbonyl (C=O) groups is 1. The Bertz CT molecular complexity index is 437. The second-order valence-corrected chi connectivity index (χ2v) is 6.21. The van der Waals surface area contributed by atoms with Crippen molar-refractivity contribution in [2.24, 2.45) is 0 Å². The van der Waals surface area contributed by atoms with Crippen molar-refractivity contribution in [3.63, 3.8) is 0 Å². The molecule has 0 aliphatic heterocycles. The predicted molar refractivity (Wildman–Crippen MR) is 88.8 cm³/mol. The molecule has 0 fully saturated rings. The summed E-state index contributed by atoms with van der Waals surface area (Å²) in [4.78, 5) is 11.7. The molecule has 1 aromatic carbocycles. The van der Waals surface area contributed by atoms with E-state index in [2.05, 4.69) is 52.3 Å². The zero-order valence-electron chi connectivity index (χ0n) is 13.4. The summed E-state index contributed by atoms with van der Waals surface area (Å²) in [6.07, 6.45) is 8.92. The van der Waals surface area contributed by atoms with Crippen LogP contribution in [0.25, 0.3) is 6.08 Å². The molecule has 0 unspecified atom stereocenters. The van der Waals surface area contributed by atoms with Gasteiger partial charge in [0, 0.05) is 6.42 Å². The standard InChI is InChI=1S/C18H28NO/c1-5-6-7-8-9-18(20)15-12-16-10-13-17(14-11-16)19(2,3)4/h10-15H,5-9H2,1-4H3/q+1/b15-12-. The van der Waals surface area contributed by atoms with Crippen LogP contribution in [0, 0.1) is 0 Å². The van der Waals surface area contributed by atoms with E-state index in [9.17, 15) is 4.79 Å². The lowest BCUT2D eigenvalue weighted by atomic mass is 10.1. The second kappa shape index (κ2) is 8.01. The van der Waals surface area contributed by atoms with Gasteiger partial charge in [-0.25, -0.2) is 0 Å². The van der Waals surface area contributed by atoms with E-state index in [0.717, 1.165) is 22.9 Å². The van der Waals surface area contributed by atoms with Crippen LogP contribution in [0.15, 0.2) is 30.3 Å². The minimum Gasteiger partial charge on any atom is -0.298 e. The molecule has 0 N–H and O–H groups in total. The first kappa shape index (κ1) is 16.6. The number of hydrogen-bond acceptors (Lipinski definition) is 1. The van der Waals surface area contributed by atoms with Gasteiger partial charge in [-0.1, -0.05) is 32.3 Å². The molecular weight excluding hydrogens is 246 g/mol. The van der Waals surface area contributed by atoms with Crippen molar-refractivity contribution in [2.45, 2.75) is 39.0 Å². The maximum Gasteiger partial charge on any atom is 0.155 e. The quantitative estimate of drug-likeness (QED) is 0.389. The number of allylic oxidation sites excluding steroid dienone is 1. The summed E-state index contributed by atoms with van der Waals surface area (Å²) in [6, 6.07) is 8.37. The largest absolute Gasteiger partial charge is 0.298 e. The van der Waals surface area contributed by atoms with Gasteiger partial charge >= 0.3 is 0 Å². The van der Waals surface area contributed by atoms with Gasteiger partial charge < -0.3 is 0 Å². The Balaban J connectivity index is 2.47. The van der Waals surface area contributed by atoms with Gasteiger partial charge in [-0.15, -0.1) is 0 Å². The lowest BCUT2D eigenvalue weighted by Gasteiger charge is -2.23. The first-order chi connectivity index (χ1) is 9.43. The van der Waals surface area contributed by atoms with Crippen molar-refractivity contribution >= 4 is 17.5 Å². The van der Waals surface area contributed by atoms with Crippen molar-refractivity contribution in [3.8, 4) is 0 Å². The van der Waals surface area contributed by atoms with E-state index in [1.807, 2.05) is 6.08 Å². The molecule has 1 aromatic rings. The Kier molecular flexibility index (Phi) is 6.66. The molecule has 0 spiro atoms. The molecule has 0 radical (unpaired) electrons. The van der Waals surface area contributed by atoms with Crippen molar-refractivity contribution in [3.05, 3.63) is 35.9 Å². The van der Waals surface area contributed by atoms with Crippen LogP contribution in [0.2, 0.25) is 0 Å². The summed E-state index contributed by atoms with van der Waals surface area (Å²) in [6.45, 7) is 2.18. The van der Waals surface area contributed by atoms with Crippen LogP contribution in [0.1, 0.15) is 44.6 Å². The van der Waals surface area contributed by atoms with Gasteiger partial charge in [0.2, 0.25) is 0 Å². The number of rotatable bonds is 8. The number of ketones is 1. The van der Waals surface area contributed by atoms with Gasteiger partial charge in [-0.3, -0.25) is 9.28 Å². The molecule has 0 atom stereocenters. The first-order valence-corrected chi connectivity index (χ1v) is 7.56. The summed E-state index contributed by atoms with van der Waals surface area (Å²) in [7, 11) is 6.43. The fourth-order valence-corrected chi connectivity index (χ4v) is 2.03. The molecule has 1 rings (SSSR count). The number of carbonyl (C=O) groups excluding carboxylic acids is 1. The van der Waals surface area contributed by atoms with E-state index in [-0.39, 0.29) is 5.78 Å². The Morgan fingerprint density at radius 2 is 1.70 bits per heavy atom. The fourth-order valence-electron chi connectivity index (χ4n) is 2.03. The van der Waals surface area contributed by atoms with E-state index in [4.69, 9.17) is 0 Å². The lowest BCUT2D eigenvalue weighted by Crippen LogP contribution is -2.34. The summed E-state index contributed by atoms with van der Waals surface area (Å²) in [5.41, 5.74) is 2.34. The summed E-state index contributed by atoms with van der Waals surface area (Å²) >= 11 is 0. The lowest BCUT2D eigenvalue weighted by molar-refractivity contribution is -0.114. The van der Waals surface area contributed by atoms with Crippen LogP contribution in [0.5, 0.6) is 0 Å². The average molecular weight is 274 g/mol. The highest BCUT2D eigenvalue weighted by molar-refractivity contribution is 5.93. The predicted octanol–water partition coefficient (Wildman–Crippen LogP) is 4.44. The van der Waals surface area contributed by atoms with Crippen LogP contribution in [0.3, 0.4) is 0 Å². The third-order valence-electron chi connectivity index (χ3n) is 3.41. The number of benzene rings is 1. The molecule has 0 aromatic heterocycles. The highest BCUT2D eigenvalue weighted by Crippen LogP contribution is 2.17. The van der Waals surface area contributed by atoms with Crippen molar-refractivity contribution in [1.82, 2.24) is 4.48 Å². The van der Waals surface area contributed by atoms with Crippen molar-refractivity contribution in [2.75, 3.05) is 21.1 Å². The van der Waals surface area contributed by atoms with Crippen LogP contribution in [-0.4, -0.2) is 26.9 Å². The highest BCUT2D eigenvalue weighted by Gasteiger charge is 2.10. The number of nitrogens with zero attached hydrogens (tertiary/aromatic N) is 1. The monoisotopic (exact) mass is 274 g/mol. The van der Waals surface area contributed by atoms with Crippen LogP contribution in [0.4, 0.5) is 5.69 Å². The van der Waals surface area contributed by atoms with E-state index in [1.165, 1.54) is 18.5 Å². The molecule has 2 heteroatoms. The van der Waals surface area contributed by atoms with E-state index in [1.54, 1.807) is 6.08 Å². The molecule has 0 saturated heterocycles. The van der Waals surface area contributed by atoms with Crippen molar-refractivity contribution < 1.29 is 4.79 Å². The molecule has 2 nitrogen and oxygen atoms in total. The zero-order chi connectivity index (χ0) is 15.0. The van der Waals surface area contributed by atoms with E-state index >= 15 is 0 Å². The van der Waals surface area contributed by atoms with Gasteiger partial charge in [-0.2, -0.15) is 0 Å². The Labute approximate surface area is 123 Å². The topological polar surface area (TPSA) is 17.1 Å². The summed E-state index contributed by atoms with van der Waals surface area (Å²) < 4.78 is 0.806. The second-order valence-electron chi connectivity index (χ2n) is 6.21. The SMILES string of the molecule is CCCCCCC(=O)/C=C\c1ccc([N+](C)(C)C)cc1. The molecule has 0 heterocycles. The minimum absolute atomic E-state index is 0.233. The van der Waals surface area contributed by atoms with Crippen LogP contribution >= 0.6 is 0 Å². The molecule has 0 amide bonds. The smallest absolute Gasteiger partial charge is 0.155 e. The van der Waals surface area contributed by atoms with Crippen LogP contribution in [-0.2, 0) is 4.79 Å². The average Bonchev–Trinajstić information content (AvgIpc) is 2.41. The molecular formula is C18H28NO+. The Morgan fingerprint density at radius 3 is 2.25 bits per heavy atom. The Hall–Kier alpha value is -1.41. The molecule has 110 valence electrons. The zero-order valence-corrected chi connectivity index (χ0v) is 13.4. The third kappa shape index (κ3) is 6.16. The van der Waals surface area contributed by atoms with Gasteiger partial charge in [0.15, 0.2) is 5.78 Å². The van der Waals surface area contributed by atoms with Gasteiger partial charge in [-0.05, 0) is 42.3 Å². The van der Waals surface area contributed by atoms with Crippen LogP contribution < -0.4 is 4.48 Å². The first-order valence-electron chi connectivity index (χ1n) is 7.56. The van der Waals surface area contributed by atoms with Gasteiger partial charge in [0.05, 0.1) is 21.1 Å². The molecule has 20 heavy (non-hydrogen) atoms.